The molecule has 2 aromatic carbocycles. The smallest absolute Gasteiger partial charge is 0.223 e. The first-order valence-electron chi connectivity index (χ1n) is 8.91. The molecule has 132 valence electrons. The average Bonchev–Trinajstić information content (AvgIpc) is 2.63. The van der Waals surface area contributed by atoms with Crippen molar-refractivity contribution in [3.05, 3.63) is 71.0 Å². The van der Waals surface area contributed by atoms with Crippen LogP contribution in [0.5, 0.6) is 0 Å². The van der Waals surface area contributed by atoms with Crippen LogP contribution in [-0.4, -0.2) is 23.9 Å². The lowest BCUT2D eigenvalue weighted by atomic mass is 9.95. The Balaban J connectivity index is 1.46. The molecule has 1 amide bonds. The third kappa shape index (κ3) is 4.67. The second kappa shape index (κ2) is 8.26. The van der Waals surface area contributed by atoms with Crippen molar-refractivity contribution in [2.45, 2.75) is 32.9 Å². The van der Waals surface area contributed by atoms with Gasteiger partial charge in [-0.3, -0.25) is 9.69 Å². The van der Waals surface area contributed by atoms with Crippen molar-refractivity contribution in [3.63, 3.8) is 0 Å². The minimum absolute atomic E-state index is 0.0277. The Morgan fingerprint density at radius 2 is 1.72 bits per heavy atom. The monoisotopic (exact) mass is 340 g/mol. The minimum atomic E-state index is -0.268. The van der Waals surface area contributed by atoms with Gasteiger partial charge < -0.3 is 5.32 Å². The fraction of sp³-hybridized carbons (Fsp3) is 0.381. The molecule has 2 aromatic rings. The van der Waals surface area contributed by atoms with Gasteiger partial charge >= 0.3 is 0 Å². The first-order chi connectivity index (χ1) is 12.1. The van der Waals surface area contributed by atoms with Gasteiger partial charge in [-0.1, -0.05) is 42.5 Å². The summed E-state index contributed by atoms with van der Waals surface area (Å²) < 4.78 is 13.6. The molecule has 3 rings (SSSR count). The molecule has 0 spiro atoms. The molecule has 0 saturated carbocycles. The molecule has 1 aliphatic heterocycles. The summed E-state index contributed by atoms with van der Waals surface area (Å²) in [6.07, 6.45) is 1.71. The molecule has 1 heterocycles. The Hall–Kier alpha value is -2.20. The van der Waals surface area contributed by atoms with Crippen LogP contribution in [0.15, 0.2) is 48.5 Å². The number of rotatable bonds is 5. The number of likely N-dealkylation sites (tertiary alicyclic amines) is 1. The van der Waals surface area contributed by atoms with Crippen LogP contribution in [0.3, 0.4) is 0 Å². The third-order valence-corrected chi connectivity index (χ3v) is 5.02. The summed E-state index contributed by atoms with van der Waals surface area (Å²) in [4.78, 5) is 14.8. The highest BCUT2D eigenvalue weighted by molar-refractivity contribution is 5.78. The lowest BCUT2D eigenvalue weighted by Crippen LogP contribution is -2.40. The number of aryl methyl sites for hydroxylation is 1. The summed E-state index contributed by atoms with van der Waals surface area (Å²) in [5, 5.41) is 2.89. The molecule has 0 aromatic heterocycles. The maximum absolute atomic E-state index is 13.6. The van der Waals surface area contributed by atoms with Gasteiger partial charge in [-0.2, -0.15) is 0 Å². The molecule has 0 radical (unpaired) electrons. The summed E-state index contributed by atoms with van der Waals surface area (Å²) in [6, 6.07) is 15.0. The predicted octanol–water partition coefficient (Wildman–Crippen LogP) is 3.66. The second-order valence-corrected chi connectivity index (χ2v) is 6.79. The minimum Gasteiger partial charge on any atom is -0.352 e. The van der Waals surface area contributed by atoms with Crippen LogP contribution >= 0.6 is 0 Å². The molecule has 4 heteroatoms. The number of carbonyl (C=O) groups excluding carboxylic acids is 1. The highest BCUT2D eigenvalue weighted by Crippen LogP contribution is 2.20. The van der Waals surface area contributed by atoms with E-state index in [-0.39, 0.29) is 24.2 Å². The Morgan fingerprint density at radius 1 is 1.08 bits per heavy atom. The number of benzene rings is 2. The first kappa shape index (κ1) is 17.6. The van der Waals surface area contributed by atoms with Gasteiger partial charge in [-0.25, -0.2) is 4.39 Å². The Morgan fingerprint density at radius 3 is 2.40 bits per heavy atom. The summed E-state index contributed by atoms with van der Waals surface area (Å²) in [6.45, 7) is 5.18. The number of nitrogens with one attached hydrogen (secondary N) is 1. The van der Waals surface area contributed by atoms with Crippen molar-refractivity contribution in [2.75, 3.05) is 13.1 Å². The van der Waals surface area contributed by atoms with Crippen LogP contribution in [0.1, 0.15) is 29.5 Å². The lowest BCUT2D eigenvalue weighted by Gasteiger charge is -2.31. The molecule has 25 heavy (non-hydrogen) atoms. The quantitative estimate of drug-likeness (QED) is 0.901. The van der Waals surface area contributed by atoms with E-state index in [0.717, 1.165) is 32.5 Å². The first-order valence-corrected chi connectivity index (χ1v) is 8.91. The van der Waals surface area contributed by atoms with Crippen molar-refractivity contribution in [2.24, 2.45) is 5.92 Å². The van der Waals surface area contributed by atoms with Crippen molar-refractivity contribution in [1.82, 2.24) is 10.2 Å². The van der Waals surface area contributed by atoms with Crippen molar-refractivity contribution < 1.29 is 9.18 Å². The van der Waals surface area contributed by atoms with Gasteiger partial charge in [0, 0.05) is 24.6 Å². The second-order valence-electron chi connectivity index (χ2n) is 6.79. The van der Waals surface area contributed by atoms with Crippen LogP contribution in [-0.2, 0) is 17.9 Å². The summed E-state index contributed by atoms with van der Waals surface area (Å²) in [5.74, 6) is -0.200. The predicted molar refractivity (Wildman–Crippen MR) is 97.4 cm³/mol. The SMILES string of the molecule is Cc1ccccc1CN1CCC(C(=O)NCc2ccccc2F)CC1. The number of piperidine rings is 1. The molecule has 1 saturated heterocycles. The molecule has 1 fully saturated rings. The summed E-state index contributed by atoms with van der Waals surface area (Å²) in [7, 11) is 0. The van der Waals surface area contributed by atoms with E-state index >= 15 is 0 Å². The normalized spacial score (nSPS) is 15.9. The van der Waals surface area contributed by atoms with E-state index < -0.39 is 0 Å². The zero-order valence-corrected chi connectivity index (χ0v) is 14.7. The Bertz CT molecular complexity index is 723. The van der Waals surface area contributed by atoms with E-state index in [4.69, 9.17) is 0 Å². The number of halogens is 1. The number of hydrogen-bond acceptors (Lipinski definition) is 2. The van der Waals surface area contributed by atoms with Crippen LogP contribution in [0.2, 0.25) is 0 Å². The van der Waals surface area contributed by atoms with E-state index in [1.54, 1.807) is 18.2 Å². The van der Waals surface area contributed by atoms with E-state index in [9.17, 15) is 9.18 Å². The maximum Gasteiger partial charge on any atom is 0.223 e. The fourth-order valence-corrected chi connectivity index (χ4v) is 3.35. The summed E-state index contributed by atoms with van der Waals surface area (Å²) >= 11 is 0. The molecule has 0 bridgehead atoms. The van der Waals surface area contributed by atoms with Gasteiger partial charge in [0.05, 0.1) is 0 Å². The highest BCUT2D eigenvalue weighted by atomic mass is 19.1. The maximum atomic E-state index is 13.6. The van der Waals surface area contributed by atoms with Crippen LogP contribution in [0.4, 0.5) is 4.39 Å². The third-order valence-electron chi connectivity index (χ3n) is 5.02. The fourth-order valence-electron chi connectivity index (χ4n) is 3.35. The number of nitrogens with zero attached hydrogens (tertiary/aromatic N) is 1. The van der Waals surface area contributed by atoms with Crippen LogP contribution in [0, 0.1) is 18.7 Å². The van der Waals surface area contributed by atoms with Gasteiger partial charge in [0.2, 0.25) is 5.91 Å². The van der Waals surface area contributed by atoms with Gasteiger partial charge in [-0.05, 0) is 50.0 Å². The molecule has 0 unspecified atom stereocenters. The van der Waals surface area contributed by atoms with Crippen molar-refractivity contribution >= 4 is 5.91 Å². The van der Waals surface area contributed by atoms with E-state index in [1.807, 2.05) is 0 Å². The highest BCUT2D eigenvalue weighted by Gasteiger charge is 2.25. The van der Waals surface area contributed by atoms with Gasteiger partial charge in [0.25, 0.3) is 0 Å². The van der Waals surface area contributed by atoms with Gasteiger partial charge in [0.15, 0.2) is 0 Å². The lowest BCUT2D eigenvalue weighted by molar-refractivity contribution is -0.126. The number of carbonyl (C=O) groups is 1. The molecular weight excluding hydrogens is 315 g/mol. The average molecular weight is 340 g/mol. The van der Waals surface area contributed by atoms with E-state index in [0.29, 0.717) is 5.56 Å². The van der Waals surface area contributed by atoms with Crippen molar-refractivity contribution in [3.8, 4) is 0 Å². The zero-order chi connectivity index (χ0) is 17.6. The molecule has 1 N–H and O–H groups in total. The molecule has 0 aliphatic carbocycles. The van der Waals surface area contributed by atoms with Gasteiger partial charge in [-0.15, -0.1) is 0 Å². The van der Waals surface area contributed by atoms with Crippen LogP contribution < -0.4 is 5.32 Å². The number of amides is 1. The Kier molecular flexibility index (Phi) is 5.82. The standard InChI is InChI=1S/C21H25FN2O/c1-16-6-2-3-8-19(16)15-24-12-10-17(11-13-24)21(25)23-14-18-7-4-5-9-20(18)22/h2-9,17H,10-15H2,1H3,(H,23,25). The molecular formula is C21H25FN2O. The zero-order valence-electron chi connectivity index (χ0n) is 14.7. The topological polar surface area (TPSA) is 32.3 Å². The van der Waals surface area contributed by atoms with E-state index in [2.05, 4.69) is 41.4 Å². The van der Waals surface area contributed by atoms with E-state index in [1.165, 1.54) is 17.2 Å². The molecule has 0 atom stereocenters. The summed E-state index contributed by atoms with van der Waals surface area (Å²) in [5.41, 5.74) is 3.20. The molecule has 1 aliphatic rings. The van der Waals surface area contributed by atoms with Crippen LogP contribution in [0.25, 0.3) is 0 Å². The largest absolute Gasteiger partial charge is 0.352 e. The van der Waals surface area contributed by atoms with Crippen molar-refractivity contribution in [1.29, 1.82) is 0 Å². The number of hydrogen-bond donors (Lipinski definition) is 1. The molecule has 3 nitrogen and oxygen atoms in total. The Labute approximate surface area is 148 Å². The van der Waals surface area contributed by atoms with Gasteiger partial charge in [0.1, 0.15) is 5.82 Å².